The molecule has 2 atom stereocenters. The van der Waals surface area contributed by atoms with Gasteiger partial charge in [-0.25, -0.2) is 0 Å². The molecule has 0 bridgehead atoms. The van der Waals surface area contributed by atoms with Crippen molar-refractivity contribution in [3.8, 4) is 11.5 Å². The zero-order valence-corrected chi connectivity index (χ0v) is 9.91. The second kappa shape index (κ2) is 5.49. The molecule has 6 heteroatoms. The van der Waals surface area contributed by atoms with Crippen molar-refractivity contribution in [2.24, 2.45) is 0 Å². The molecule has 1 N–H and O–H groups in total. The third-order valence-electron chi connectivity index (χ3n) is 2.54. The fourth-order valence-electron chi connectivity index (χ4n) is 1.45. The van der Waals surface area contributed by atoms with E-state index in [1.807, 2.05) is 0 Å². The highest BCUT2D eigenvalue weighted by Crippen LogP contribution is 2.31. The molecule has 0 aliphatic heterocycles. The van der Waals surface area contributed by atoms with Crippen LogP contribution in [0.15, 0.2) is 18.2 Å². The molecule has 0 saturated carbocycles. The van der Waals surface area contributed by atoms with Crippen molar-refractivity contribution in [1.82, 2.24) is 0 Å². The van der Waals surface area contributed by atoms with E-state index in [-0.39, 0.29) is 0 Å². The number of hydrogen-bond acceptors (Lipinski definition) is 5. The molecule has 0 spiro atoms. The van der Waals surface area contributed by atoms with Crippen LogP contribution in [0.4, 0.5) is 0 Å². The average molecular weight is 241 g/mol. The van der Waals surface area contributed by atoms with Gasteiger partial charge in [-0.2, -0.15) is 0 Å². The molecule has 0 saturated heterocycles. The van der Waals surface area contributed by atoms with Gasteiger partial charge in [0.1, 0.15) is 17.6 Å². The Kier molecular flexibility index (Phi) is 4.28. The summed E-state index contributed by atoms with van der Waals surface area (Å²) in [7, 11) is 2.92. The monoisotopic (exact) mass is 241 g/mol. The summed E-state index contributed by atoms with van der Waals surface area (Å²) < 4.78 is 10.1. The summed E-state index contributed by atoms with van der Waals surface area (Å²) in [5.74, 6) is 0.905. The third kappa shape index (κ3) is 2.85. The van der Waals surface area contributed by atoms with Crippen molar-refractivity contribution in [3.63, 3.8) is 0 Å². The van der Waals surface area contributed by atoms with Crippen LogP contribution in [0.5, 0.6) is 11.5 Å². The maximum Gasteiger partial charge on any atom is 0.240 e. The Labute approximate surface area is 98.9 Å². The van der Waals surface area contributed by atoms with Gasteiger partial charge in [-0.1, -0.05) is 0 Å². The number of methoxy groups -OCH3 is 2. The molecule has 6 nitrogen and oxygen atoms in total. The molecule has 17 heavy (non-hydrogen) atoms. The van der Waals surface area contributed by atoms with Crippen LogP contribution in [0.25, 0.3) is 0 Å². The summed E-state index contributed by atoms with van der Waals surface area (Å²) in [5, 5.41) is 20.6. The van der Waals surface area contributed by atoms with Gasteiger partial charge < -0.3 is 14.6 Å². The Morgan fingerprint density at radius 3 is 2.47 bits per heavy atom. The van der Waals surface area contributed by atoms with Crippen LogP contribution in [0.3, 0.4) is 0 Å². The van der Waals surface area contributed by atoms with Gasteiger partial charge in [0.25, 0.3) is 0 Å². The Balaban J connectivity index is 3.13. The molecule has 0 aliphatic carbocycles. The van der Waals surface area contributed by atoms with Gasteiger partial charge in [-0.15, -0.1) is 0 Å². The minimum absolute atomic E-state index is 0.344. The zero-order chi connectivity index (χ0) is 13.0. The topological polar surface area (TPSA) is 81.8 Å². The maximum absolute atomic E-state index is 10.6. The van der Waals surface area contributed by atoms with E-state index in [1.165, 1.54) is 27.2 Å². The first-order chi connectivity index (χ1) is 8.01. The molecular weight excluding hydrogens is 226 g/mol. The largest absolute Gasteiger partial charge is 0.497 e. The molecule has 0 fully saturated rings. The SMILES string of the molecule is COc1ccc(OC)c(C(O)C(C)[N+](=O)[O-])c1. The van der Waals surface area contributed by atoms with E-state index in [1.54, 1.807) is 12.1 Å². The van der Waals surface area contributed by atoms with Crippen LogP contribution in [0.2, 0.25) is 0 Å². The van der Waals surface area contributed by atoms with E-state index in [4.69, 9.17) is 9.47 Å². The standard InChI is InChI=1S/C11H15NO5/c1-7(12(14)15)11(13)9-6-8(16-2)4-5-10(9)17-3/h4-7,11,13H,1-3H3. The highest BCUT2D eigenvalue weighted by Gasteiger charge is 2.28. The van der Waals surface area contributed by atoms with E-state index < -0.39 is 17.1 Å². The number of nitro groups is 1. The Bertz CT molecular complexity index is 407. The summed E-state index contributed by atoms with van der Waals surface area (Å²) in [5.41, 5.74) is 0.344. The quantitative estimate of drug-likeness (QED) is 0.622. The molecule has 1 aromatic rings. The minimum Gasteiger partial charge on any atom is -0.497 e. The van der Waals surface area contributed by atoms with Crippen LogP contribution in [0, 0.1) is 10.1 Å². The third-order valence-corrected chi connectivity index (χ3v) is 2.54. The second-order valence-corrected chi connectivity index (χ2v) is 3.58. The number of nitrogens with zero attached hydrogens (tertiary/aromatic N) is 1. The number of rotatable bonds is 5. The molecule has 0 aliphatic rings. The smallest absolute Gasteiger partial charge is 0.240 e. The van der Waals surface area contributed by atoms with Crippen molar-refractivity contribution in [2.75, 3.05) is 14.2 Å². The lowest BCUT2D eigenvalue weighted by molar-refractivity contribution is -0.531. The molecule has 1 aromatic carbocycles. The number of aliphatic hydroxyl groups is 1. The molecular formula is C11H15NO5. The fraction of sp³-hybridized carbons (Fsp3) is 0.455. The van der Waals surface area contributed by atoms with Crippen molar-refractivity contribution in [2.45, 2.75) is 19.1 Å². The van der Waals surface area contributed by atoms with E-state index in [0.29, 0.717) is 17.1 Å². The van der Waals surface area contributed by atoms with Gasteiger partial charge in [0, 0.05) is 17.4 Å². The van der Waals surface area contributed by atoms with Gasteiger partial charge in [-0.3, -0.25) is 10.1 Å². The molecule has 94 valence electrons. The lowest BCUT2D eigenvalue weighted by atomic mass is 10.0. The lowest BCUT2D eigenvalue weighted by Crippen LogP contribution is -2.24. The number of hydrogen-bond donors (Lipinski definition) is 1. The average Bonchev–Trinajstić information content (AvgIpc) is 2.35. The van der Waals surface area contributed by atoms with Gasteiger partial charge in [0.2, 0.25) is 6.04 Å². The first kappa shape index (κ1) is 13.2. The molecule has 2 unspecified atom stereocenters. The Hall–Kier alpha value is -1.82. The predicted octanol–water partition coefficient (Wildman–Crippen LogP) is 1.40. The zero-order valence-electron chi connectivity index (χ0n) is 9.91. The summed E-state index contributed by atoms with van der Waals surface area (Å²) in [4.78, 5) is 10.1. The minimum atomic E-state index is -1.24. The van der Waals surface area contributed by atoms with Gasteiger partial charge in [0.15, 0.2) is 0 Å². The number of ether oxygens (including phenoxy) is 2. The van der Waals surface area contributed by atoms with Crippen molar-refractivity contribution < 1.29 is 19.5 Å². The molecule has 0 amide bonds. The Morgan fingerprint density at radius 2 is 2.00 bits per heavy atom. The highest BCUT2D eigenvalue weighted by molar-refractivity contribution is 5.41. The highest BCUT2D eigenvalue weighted by atomic mass is 16.6. The molecule has 0 heterocycles. The van der Waals surface area contributed by atoms with Crippen molar-refractivity contribution >= 4 is 0 Å². The van der Waals surface area contributed by atoms with Crippen LogP contribution in [0.1, 0.15) is 18.6 Å². The lowest BCUT2D eigenvalue weighted by Gasteiger charge is -2.16. The molecule has 0 aromatic heterocycles. The molecule has 1 rings (SSSR count). The summed E-state index contributed by atoms with van der Waals surface area (Å²) >= 11 is 0. The summed E-state index contributed by atoms with van der Waals surface area (Å²) in [6.07, 6.45) is -1.24. The normalized spacial score (nSPS) is 13.9. The van der Waals surface area contributed by atoms with E-state index in [0.717, 1.165) is 0 Å². The van der Waals surface area contributed by atoms with Gasteiger partial charge in [-0.05, 0) is 18.2 Å². The maximum atomic E-state index is 10.6. The second-order valence-electron chi connectivity index (χ2n) is 3.58. The summed E-state index contributed by atoms with van der Waals surface area (Å²) in [6, 6.07) is 3.68. The van der Waals surface area contributed by atoms with Crippen LogP contribution in [-0.4, -0.2) is 30.3 Å². The van der Waals surface area contributed by atoms with Crippen molar-refractivity contribution in [1.29, 1.82) is 0 Å². The van der Waals surface area contributed by atoms with Crippen LogP contribution in [-0.2, 0) is 0 Å². The summed E-state index contributed by atoms with van der Waals surface area (Å²) in [6.45, 7) is 1.34. The number of benzene rings is 1. The van der Waals surface area contributed by atoms with Crippen LogP contribution < -0.4 is 9.47 Å². The van der Waals surface area contributed by atoms with Gasteiger partial charge >= 0.3 is 0 Å². The van der Waals surface area contributed by atoms with Gasteiger partial charge in [0.05, 0.1) is 14.2 Å². The Morgan fingerprint density at radius 1 is 1.35 bits per heavy atom. The molecule has 0 radical (unpaired) electrons. The van der Waals surface area contributed by atoms with E-state index in [9.17, 15) is 15.2 Å². The van der Waals surface area contributed by atoms with E-state index in [2.05, 4.69) is 0 Å². The first-order valence-corrected chi connectivity index (χ1v) is 5.04. The van der Waals surface area contributed by atoms with Crippen LogP contribution >= 0.6 is 0 Å². The number of aliphatic hydroxyl groups excluding tert-OH is 1. The first-order valence-electron chi connectivity index (χ1n) is 5.04. The predicted molar refractivity (Wildman–Crippen MR) is 61.0 cm³/mol. The fourth-order valence-corrected chi connectivity index (χ4v) is 1.45. The van der Waals surface area contributed by atoms with E-state index >= 15 is 0 Å². The van der Waals surface area contributed by atoms with Crippen molar-refractivity contribution in [3.05, 3.63) is 33.9 Å².